The Bertz CT molecular complexity index is 606. The van der Waals surface area contributed by atoms with Gasteiger partial charge in [0.15, 0.2) is 0 Å². The van der Waals surface area contributed by atoms with Gasteiger partial charge in [-0.15, -0.1) is 0 Å². The molecule has 1 saturated carbocycles. The number of hydrogen-bond donors (Lipinski definition) is 1. The van der Waals surface area contributed by atoms with E-state index in [1.165, 1.54) is 4.90 Å². The second-order valence-electron chi connectivity index (χ2n) is 6.18. The first-order valence-electron chi connectivity index (χ1n) is 7.89. The number of fused-ring (bicyclic) bond motifs is 1. The summed E-state index contributed by atoms with van der Waals surface area (Å²) in [5, 5.41) is 3.11. The summed E-state index contributed by atoms with van der Waals surface area (Å²) in [6, 6.07) is 3.98. The molecule has 118 valence electrons. The zero-order chi connectivity index (χ0) is 15.7. The lowest BCUT2D eigenvalue weighted by Crippen LogP contribution is -2.43. The molecule has 0 aromatic heterocycles. The molecular weight excluding hydrogens is 280 g/mol. The first-order valence-corrected chi connectivity index (χ1v) is 7.89. The summed E-state index contributed by atoms with van der Waals surface area (Å²) < 4.78 is 5.48. The molecule has 0 bridgehead atoms. The lowest BCUT2D eigenvalue weighted by atomic mass is 10.1. The summed E-state index contributed by atoms with van der Waals surface area (Å²) in [4.78, 5) is 25.9. The average Bonchev–Trinajstić information content (AvgIpc) is 2.97. The van der Waals surface area contributed by atoms with E-state index < -0.39 is 0 Å². The SMILES string of the molecule is Cc1cc2c(cc1C)N(CC(=O)OC1CCCC1)C(=O)CN2. The Morgan fingerprint density at radius 3 is 2.68 bits per heavy atom. The van der Waals surface area contributed by atoms with E-state index >= 15 is 0 Å². The molecule has 1 aromatic carbocycles. The van der Waals surface area contributed by atoms with Crippen molar-refractivity contribution in [2.75, 3.05) is 23.3 Å². The highest BCUT2D eigenvalue weighted by atomic mass is 16.5. The van der Waals surface area contributed by atoms with Crippen LogP contribution in [-0.2, 0) is 14.3 Å². The highest BCUT2D eigenvalue weighted by Crippen LogP contribution is 2.32. The number of carbonyl (C=O) groups excluding carboxylic acids is 2. The summed E-state index contributed by atoms with van der Waals surface area (Å²) in [6.07, 6.45) is 4.15. The van der Waals surface area contributed by atoms with Gasteiger partial charge in [0.25, 0.3) is 0 Å². The predicted molar refractivity (Wildman–Crippen MR) is 85.1 cm³/mol. The Kier molecular flexibility index (Phi) is 4.05. The smallest absolute Gasteiger partial charge is 0.326 e. The van der Waals surface area contributed by atoms with E-state index in [2.05, 4.69) is 5.32 Å². The van der Waals surface area contributed by atoms with Crippen LogP contribution in [0.3, 0.4) is 0 Å². The molecule has 0 atom stereocenters. The molecule has 1 amide bonds. The largest absolute Gasteiger partial charge is 0.461 e. The van der Waals surface area contributed by atoms with Crippen molar-refractivity contribution in [3.8, 4) is 0 Å². The van der Waals surface area contributed by atoms with Gasteiger partial charge in [0.1, 0.15) is 12.6 Å². The van der Waals surface area contributed by atoms with Crippen LogP contribution in [0, 0.1) is 13.8 Å². The Hall–Kier alpha value is -2.04. The molecule has 1 aliphatic carbocycles. The first-order chi connectivity index (χ1) is 10.5. The van der Waals surface area contributed by atoms with Crippen molar-refractivity contribution in [2.45, 2.75) is 45.6 Å². The fourth-order valence-corrected chi connectivity index (χ4v) is 3.10. The number of rotatable bonds is 3. The maximum absolute atomic E-state index is 12.2. The van der Waals surface area contributed by atoms with E-state index in [4.69, 9.17) is 4.74 Å². The van der Waals surface area contributed by atoms with Crippen molar-refractivity contribution in [3.63, 3.8) is 0 Å². The molecule has 0 unspecified atom stereocenters. The molecule has 22 heavy (non-hydrogen) atoms. The monoisotopic (exact) mass is 302 g/mol. The second-order valence-corrected chi connectivity index (χ2v) is 6.18. The van der Waals surface area contributed by atoms with Crippen LogP contribution in [-0.4, -0.2) is 31.1 Å². The molecule has 1 aliphatic heterocycles. The molecule has 5 heteroatoms. The van der Waals surface area contributed by atoms with Crippen molar-refractivity contribution in [1.29, 1.82) is 0 Å². The van der Waals surface area contributed by atoms with E-state index in [-0.39, 0.29) is 31.1 Å². The number of hydrogen-bond acceptors (Lipinski definition) is 4. The van der Waals surface area contributed by atoms with Crippen LogP contribution in [0.15, 0.2) is 12.1 Å². The normalized spacial score (nSPS) is 18.1. The number of ether oxygens (including phenoxy) is 1. The van der Waals surface area contributed by atoms with Crippen molar-refractivity contribution < 1.29 is 14.3 Å². The summed E-state index contributed by atoms with van der Waals surface area (Å²) in [5.41, 5.74) is 3.93. The molecule has 5 nitrogen and oxygen atoms in total. The van der Waals surface area contributed by atoms with E-state index in [0.717, 1.165) is 48.2 Å². The van der Waals surface area contributed by atoms with Crippen LogP contribution >= 0.6 is 0 Å². The summed E-state index contributed by atoms with van der Waals surface area (Å²) in [5.74, 6) is -0.412. The van der Waals surface area contributed by atoms with Crippen LogP contribution < -0.4 is 10.2 Å². The van der Waals surface area contributed by atoms with E-state index in [9.17, 15) is 9.59 Å². The number of nitrogens with zero attached hydrogens (tertiary/aromatic N) is 1. The third kappa shape index (κ3) is 2.93. The van der Waals surface area contributed by atoms with E-state index in [1.807, 2.05) is 26.0 Å². The number of carbonyl (C=O) groups is 2. The summed E-state index contributed by atoms with van der Waals surface area (Å²) in [7, 11) is 0. The quantitative estimate of drug-likeness (QED) is 0.872. The number of benzene rings is 1. The van der Waals surface area contributed by atoms with Crippen molar-refractivity contribution in [2.24, 2.45) is 0 Å². The Labute approximate surface area is 130 Å². The highest BCUT2D eigenvalue weighted by Gasteiger charge is 2.28. The lowest BCUT2D eigenvalue weighted by Gasteiger charge is -2.30. The van der Waals surface area contributed by atoms with Gasteiger partial charge in [-0.2, -0.15) is 0 Å². The van der Waals surface area contributed by atoms with Gasteiger partial charge in [0.05, 0.1) is 17.9 Å². The standard InChI is InChI=1S/C17H22N2O3/c1-11-7-14-15(8-12(11)2)19(16(20)9-18-14)10-17(21)22-13-5-3-4-6-13/h7-8,13,18H,3-6,9-10H2,1-2H3. The minimum atomic E-state index is -0.314. The van der Waals surface area contributed by atoms with Crippen LogP contribution in [0.1, 0.15) is 36.8 Å². The minimum absolute atomic E-state index is 0.00743. The van der Waals surface area contributed by atoms with Crippen LogP contribution in [0.25, 0.3) is 0 Å². The van der Waals surface area contributed by atoms with Gasteiger partial charge >= 0.3 is 5.97 Å². The van der Waals surface area contributed by atoms with Gasteiger partial charge in [-0.1, -0.05) is 0 Å². The predicted octanol–water partition coefficient (Wildman–Crippen LogP) is 2.55. The van der Waals surface area contributed by atoms with Gasteiger partial charge in [0.2, 0.25) is 5.91 Å². The van der Waals surface area contributed by atoms with Gasteiger partial charge in [-0.05, 0) is 62.8 Å². The van der Waals surface area contributed by atoms with Crippen molar-refractivity contribution in [1.82, 2.24) is 0 Å². The maximum atomic E-state index is 12.2. The fraction of sp³-hybridized carbons (Fsp3) is 0.529. The average molecular weight is 302 g/mol. The zero-order valence-electron chi connectivity index (χ0n) is 13.1. The van der Waals surface area contributed by atoms with Gasteiger partial charge in [-0.25, -0.2) is 0 Å². The van der Waals surface area contributed by atoms with E-state index in [0.29, 0.717) is 0 Å². The molecule has 2 aliphatic rings. The molecular formula is C17H22N2O3. The Morgan fingerprint density at radius 1 is 1.27 bits per heavy atom. The Morgan fingerprint density at radius 2 is 1.95 bits per heavy atom. The summed E-state index contributed by atoms with van der Waals surface area (Å²) >= 11 is 0. The van der Waals surface area contributed by atoms with E-state index in [1.54, 1.807) is 0 Å². The minimum Gasteiger partial charge on any atom is -0.461 e. The third-order valence-electron chi connectivity index (χ3n) is 4.52. The maximum Gasteiger partial charge on any atom is 0.326 e. The molecule has 0 spiro atoms. The second kappa shape index (κ2) is 5.99. The molecule has 1 heterocycles. The number of anilines is 2. The third-order valence-corrected chi connectivity index (χ3v) is 4.52. The van der Waals surface area contributed by atoms with Crippen LogP contribution in [0.5, 0.6) is 0 Å². The zero-order valence-corrected chi connectivity index (χ0v) is 13.1. The number of aryl methyl sites for hydroxylation is 2. The first kappa shape index (κ1) is 14.9. The van der Waals surface area contributed by atoms with Crippen molar-refractivity contribution in [3.05, 3.63) is 23.3 Å². The number of amides is 1. The van der Waals surface area contributed by atoms with Gasteiger partial charge in [-0.3, -0.25) is 14.5 Å². The number of esters is 1. The molecule has 3 rings (SSSR count). The van der Waals surface area contributed by atoms with Crippen LogP contribution in [0.2, 0.25) is 0 Å². The fourth-order valence-electron chi connectivity index (χ4n) is 3.10. The molecule has 1 N–H and O–H groups in total. The highest BCUT2D eigenvalue weighted by molar-refractivity contribution is 6.05. The summed E-state index contributed by atoms with van der Waals surface area (Å²) in [6.45, 7) is 4.24. The lowest BCUT2D eigenvalue weighted by molar-refractivity contribution is -0.147. The van der Waals surface area contributed by atoms with Gasteiger partial charge < -0.3 is 10.1 Å². The molecule has 0 radical (unpaired) electrons. The Balaban J connectivity index is 1.76. The molecule has 0 saturated heterocycles. The number of nitrogens with one attached hydrogen (secondary N) is 1. The molecule has 1 aromatic rings. The molecule has 1 fully saturated rings. The van der Waals surface area contributed by atoms with Crippen LogP contribution in [0.4, 0.5) is 11.4 Å². The topological polar surface area (TPSA) is 58.6 Å². The van der Waals surface area contributed by atoms with Gasteiger partial charge in [0, 0.05) is 0 Å². The van der Waals surface area contributed by atoms with Crippen molar-refractivity contribution >= 4 is 23.3 Å².